The minimum atomic E-state index is -1.02. The van der Waals surface area contributed by atoms with E-state index in [-0.39, 0.29) is 11.1 Å². The molecule has 0 saturated carbocycles. The van der Waals surface area contributed by atoms with Crippen LogP contribution in [0.15, 0.2) is 12.3 Å². The molecule has 5 heteroatoms. The highest BCUT2D eigenvalue weighted by molar-refractivity contribution is 5.89. The normalized spacial score (nSPS) is 11.2. The summed E-state index contributed by atoms with van der Waals surface area (Å²) < 4.78 is 0. The lowest BCUT2D eigenvalue weighted by Gasteiger charge is -2.27. The molecule has 1 aromatic heterocycles. The summed E-state index contributed by atoms with van der Waals surface area (Å²) in [7, 11) is 0. The van der Waals surface area contributed by atoms with Gasteiger partial charge in [0.1, 0.15) is 5.82 Å². The van der Waals surface area contributed by atoms with Crippen LogP contribution in [0.3, 0.4) is 0 Å². The summed E-state index contributed by atoms with van der Waals surface area (Å²) in [6, 6.07) is 1.42. The highest BCUT2D eigenvalue weighted by Crippen LogP contribution is 2.23. The average Bonchev–Trinajstić information content (AvgIpc) is 2.20. The van der Waals surface area contributed by atoms with Crippen molar-refractivity contribution in [3.8, 4) is 0 Å². The van der Waals surface area contributed by atoms with Crippen LogP contribution in [0.1, 0.15) is 44.0 Å². The van der Waals surface area contributed by atoms with Crippen LogP contribution in [0.4, 0.5) is 11.5 Å². The van der Waals surface area contributed by atoms with Crippen molar-refractivity contribution in [3.63, 3.8) is 0 Å². The van der Waals surface area contributed by atoms with Crippen molar-refractivity contribution in [2.24, 2.45) is 0 Å². The molecule has 0 spiro atoms. The van der Waals surface area contributed by atoms with Crippen LogP contribution in [0, 0.1) is 0 Å². The minimum absolute atomic E-state index is 0.0985. The molecule has 0 unspecified atom stereocenters. The second kappa shape index (κ2) is 5.03. The fourth-order valence-electron chi connectivity index (χ4n) is 1.71. The number of pyridine rings is 1. The average molecular weight is 237 g/mol. The van der Waals surface area contributed by atoms with E-state index in [1.807, 2.05) is 0 Å². The van der Waals surface area contributed by atoms with Gasteiger partial charge in [-0.05, 0) is 26.3 Å². The van der Waals surface area contributed by atoms with Gasteiger partial charge in [-0.1, -0.05) is 13.3 Å². The molecule has 1 heterocycles. The molecule has 4 N–H and O–H groups in total. The van der Waals surface area contributed by atoms with Crippen molar-refractivity contribution in [1.29, 1.82) is 0 Å². The quantitative estimate of drug-likeness (QED) is 0.731. The number of carboxylic acid groups (broad SMARTS) is 1. The van der Waals surface area contributed by atoms with E-state index < -0.39 is 5.97 Å². The Labute approximate surface area is 101 Å². The molecule has 0 aromatic carbocycles. The number of nitrogens with zero attached hydrogens (tertiary/aromatic N) is 1. The molecule has 0 fully saturated rings. The van der Waals surface area contributed by atoms with Crippen LogP contribution in [0.2, 0.25) is 0 Å². The van der Waals surface area contributed by atoms with Gasteiger partial charge in [0, 0.05) is 11.7 Å². The van der Waals surface area contributed by atoms with E-state index in [4.69, 9.17) is 10.8 Å². The van der Waals surface area contributed by atoms with Gasteiger partial charge in [-0.25, -0.2) is 9.78 Å². The number of hydrogen-bond donors (Lipinski definition) is 3. The molecule has 0 aliphatic rings. The first-order valence-electron chi connectivity index (χ1n) is 5.62. The van der Waals surface area contributed by atoms with E-state index in [2.05, 4.69) is 31.1 Å². The first kappa shape index (κ1) is 13.3. The number of hydrogen-bond acceptors (Lipinski definition) is 4. The monoisotopic (exact) mass is 237 g/mol. The molecule has 0 bridgehead atoms. The van der Waals surface area contributed by atoms with E-state index in [0.717, 1.165) is 12.8 Å². The zero-order valence-corrected chi connectivity index (χ0v) is 10.4. The third-order valence-electron chi connectivity index (χ3n) is 2.50. The highest BCUT2D eigenvalue weighted by Gasteiger charge is 2.18. The molecule has 0 aliphatic heterocycles. The summed E-state index contributed by atoms with van der Waals surface area (Å²) in [5.41, 5.74) is 6.12. The topological polar surface area (TPSA) is 88.2 Å². The molecular formula is C12H19N3O2. The first-order valence-corrected chi connectivity index (χ1v) is 5.62. The van der Waals surface area contributed by atoms with Gasteiger partial charge in [0.05, 0.1) is 11.3 Å². The van der Waals surface area contributed by atoms with Crippen molar-refractivity contribution in [2.45, 2.75) is 39.2 Å². The number of nitrogens with one attached hydrogen (secondary N) is 1. The van der Waals surface area contributed by atoms with Crippen molar-refractivity contribution < 1.29 is 9.90 Å². The Bertz CT molecular complexity index is 416. The van der Waals surface area contributed by atoms with Gasteiger partial charge in [0.25, 0.3) is 0 Å². The molecule has 5 nitrogen and oxygen atoms in total. The number of carbonyl (C=O) groups is 1. The molecule has 1 aromatic rings. The van der Waals surface area contributed by atoms with Crippen LogP contribution >= 0.6 is 0 Å². The molecule has 0 radical (unpaired) electrons. The van der Waals surface area contributed by atoms with Crippen molar-refractivity contribution in [3.05, 3.63) is 17.8 Å². The maximum absolute atomic E-state index is 10.7. The van der Waals surface area contributed by atoms with Gasteiger partial charge in [-0.15, -0.1) is 0 Å². The molecule has 94 valence electrons. The molecule has 1 rings (SSSR count). The number of nitrogen functional groups attached to an aromatic ring is 1. The van der Waals surface area contributed by atoms with Crippen LogP contribution in [0.5, 0.6) is 0 Å². The second-order valence-electron chi connectivity index (χ2n) is 4.73. The fraction of sp³-hybridized carbons (Fsp3) is 0.500. The predicted octanol–water partition coefficient (Wildman–Crippen LogP) is 2.35. The van der Waals surface area contributed by atoms with Crippen molar-refractivity contribution >= 4 is 17.5 Å². The summed E-state index contributed by atoms with van der Waals surface area (Å²) in [6.07, 6.45) is 3.34. The SMILES string of the molecule is CCCC(C)(C)Nc1ncc(C(=O)O)cc1N. The standard InChI is InChI=1S/C12H19N3O2/c1-4-5-12(2,3)15-10-9(13)6-8(7-14-10)11(16)17/h6-7H,4-5,13H2,1-3H3,(H,14,15)(H,16,17). The summed E-state index contributed by atoms with van der Waals surface area (Å²) in [5.74, 6) is -0.489. The van der Waals surface area contributed by atoms with Gasteiger partial charge in [-0.3, -0.25) is 0 Å². The van der Waals surface area contributed by atoms with Crippen LogP contribution in [-0.4, -0.2) is 21.6 Å². The van der Waals surface area contributed by atoms with Gasteiger partial charge in [-0.2, -0.15) is 0 Å². The van der Waals surface area contributed by atoms with E-state index in [0.29, 0.717) is 11.5 Å². The molecular weight excluding hydrogens is 218 g/mol. The van der Waals surface area contributed by atoms with E-state index in [1.165, 1.54) is 12.3 Å². The van der Waals surface area contributed by atoms with Crippen molar-refractivity contribution in [1.82, 2.24) is 4.98 Å². The Hall–Kier alpha value is -1.78. The van der Waals surface area contributed by atoms with E-state index in [1.54, 1.807) is 0 Å². The molecule has 0 aliphatic carbocycles. The van der Waals surface area contributed by atoms with E-state index in [9.17, 15) is 4.79 Å². The molecule has 0 amide bonds. The number of anilines is 2. The predicted molar refractivity (Wildman–Crippen MR) is 68.2 cm³/mol. The van der Waals surface area contributed by atoms with Crippen LogP contribution in [-0.2, 0) is 0 Å². The van der Waals surface area contributed by atoms with Crippen LogP contribution < -0.4 is 11.1 Å². The Morgan fingerprint density at radius 2 is 2.24 bits per heavy atom. The number of aromatic carboxylic acids is 1. The van der Waals surface area contributed by atoms with Gasteiger partial charge in [0.2, 0.25) is 0 Å². The zero-order chi connectivity index (χ0) is 13.1. The molecule has 0 atom stereocenters. The van der Waals surface area contributed by atoms with E-state index >= 15 is 0 Å². The summed E-state index contributed by atoms with van der Waals surface area (Å²) in [5, 5.41) is 12.0. The number of aromatic nitrogens is 1. The lowest BCUT2D eigenvalue weighted by molar-refractivity contribution is 0.0696. The molecule has 0 saturated heterocycles. The third kappa shape index (κ3) is 3.62. The summed E-state index contributed by atoms with van der Waals surface area (Å²) in [4.78, 5) is 14.8. The lowest BCUT2D eigenvalue weighted by atomic mass is 9.99. The first-order chi connectivity index (χ1) is 7.85. The Balaban J connectivity index is 2.90. The smallest absolute Gasteiger partial charge is 0.337 e. The highest BCUT2D eigenvalue weighted by atomic mass is 16.4. The second-order valence-corrected chi connectivity index (χ2v) is 4.73. The van der Waals surface area contributed by atoms with Gasteiger partial charge < -0.3 is 16.2 Å². The zero-order valence-electron chi connectivity index (χ0n) is 10.4. The summed E-state index contributed by atoms with van der Waals surface area (Å²) in [6.45, 7) is 6.22. The third-order valence-corrected chi connectivity index (χ3v) is 2.50. The van der Waals surface area contributed by atoms with Gasteiger partial charge >= 0.3 is 5.97 Å². The number of rotatable bonds is 5. The fourth-order valence-corrected chi connectivity index (χ4v) is 1.71. The maximum Gasteiger partial charge on any atom is 0.337 e. The largest absolute Gasteiger partial charge is 0.478 e. The van der Waals surface area contributed by atoms with Crippen LogP contribution in [0.25, 0.3) is 0 Å². The minimum Gasteiger partial charge on any atom is -0.478 e. The lowest BCUT2D eigenvalue weighted by Crippen LogP contribution is -2.31. The summed E-state index contributed by atoms with van der Waals surface area (Å²) >= 11 is 0. The number of carboxylic acids is 1. The number of nitrogens with two attached hydrogens (primary N) is 1. The molecule has 17 heavy (non-hydrogen) atoms. The van der Waals surface area contributed by atoms with Gasteiger partial charge in [0.15, 0.2) is 0 Å². The Morgan fingerprint density at radius 1 is 1.59 bits per heavy atom. The maximum atomic E-state index is 10.7. The van der Waals surface area contributed by atoms with Crippen molar-refractivity contribution in [2.75, 3.05) is 11.1 Å². The Morgan fingerprint density at radius 3 is 2.71 bits per heavy atom. The Kier molecular flexibility index (Phi) is 3.93.